The fourth-order valence-corrected chi connectivity index (χ4v) is 2.56. The minimum absolute atomic E-state index is 0.123. The van der Waals surface area contributed by atoms with Gasteiger partial charge in [0, 0.05) is 26.2 Å². The number of likely N-dealkylation sites (N-methyl/N-ethyl adjacent to an activating group) is 1. The lowest BCUT2D eigenvalue weighted by molar-refractivity contribution is 0.0817. The van der Waals surface area contributed by atoms with Crippen LogP contribution >= 0.6 is 0 Å². The van der Waals surface area contributed by atoms with Crippen molar-refractivity contribution in [2.24, 2.45) is 0 Å². The number of aromatic nitrogens is 4. The van der Waals surface area contributed by atoms with Crippen molar-refractivity contribution in [1.82, 2.24) is 24.4 Å². The lowest BCUT2D eigenvalue weighted by Gasteiger charge is -2.31. The van der Waals surface area contributed by atoms with Gasteiger partial charge in [-0.15, -0.1) is 0 Å². The molecule has 9 heteroatoms. The Labute approximate surface area is 127 Å². The van der Waals surface area contributed by atoms with Gasteiger partial charge in [-0.2, -0.15) is 4.98 Å². The van der Waals surface area contributed by atoms with Crippen LogP contribution in [0, 0.1) is 5.41 Å². The van der Waals surface area contributed by atoms with E-state index in [1.807, 2.05) is 0 Å². The number of aliphatic hydroxyl groups is 2. The van der Waals surface area contributed by atoms with Gasteiger partial charge in [-0.05, 0) is 7.05 Å². The first-order valence-corrected chi connectivity index (χ1v) is 7.30. The van der Waals surface area contributed by atoms with Crippen molar-refractivity contribution in [1.29, 1.82) is 5.41 Å². The number of hydrogen-bond acceptors (Lipinski definition) is 7. The standard InChI is InChI=1S/C13H21N7O2/c1-18-2-4-19(5-3-18)13-16-10-11(14)15-8-20(12(10)17-13)6-9(22)7-21/h8-9,14,21-22H,2-7H2,1H3,(H,16,17). The first kappa shape index (κ1) is 14.9. The normalized spacial score (nSPS) is 18.0. The number of aliphatic hydroxyl groups excluding tert-OH is 2. The monoisotopic (exact) mass is 307 g/mol. The molecule has 1 saturated heterocycles. The van der Waals surface area contributed by atoms with Crippen LogP contribution in [0.15, 0.2) is 6.33 Å². The Bertz CT molecular complexity index is 702. The molecule has 4 N–H and O–H groups in total. The maximum absolute atomic E-state index is 9.63. The molecule has 3 heterocycles. The van der Waals surface area contributed by atoms with E-state index in [0.29, 0.717) is 11.2 Å². The summed E-state index contributed by atoms with van der Waals surface area (Å²) < 4.78 is 1.66. The molecule has 0 radical (unpaired) electrons. The summed E-state index contributed by atoms with van der Waals surface area (Å²) in [5, 5.41) is 26.5. The molecule has 9 nitrogen and oxygen atoms in total. The van der Waals surface area contributed by atoms with Gasteiger partial charge in [0.15, 0.2) is 11.1 Å². The minimum Gasteiger partial charge on any atom is -0.394 e. The Balaban J connectivity index is 1.95. The first-order valence-electron chi connectivity index (χ1n) is 7.30. The van der Waals surface area contributed by atoms with Gasteiger partial charge in [-0.1, -0.05) is 0 Å². The molecule has 0 bridgehead atoms. The molecule has 2 aromatic heterocycles. The van der Waals surface area contributed by atoms with Crippen molar-refractivity contribution in [2.75, 3.05) is 44.7 Å². The quantitative estimate of drug-likeness (QED) is 0.537. The summed E-state index contributed by atoms with van der Waals surface area (Å²) in [7, 11) is 2.09. The molecular formula is C13H21N7O2. The summed E-state index contributed by atoms with van der Waals surface area (Å²) in [6.07, 6.45) is 0.591. The van der Waals surface area contributed by atoms with Crippen LogP contribution in [0.5, 0.6) is 0 Å². The molecule has 1 aliphatic rings. The molecule has 0 amide bonds. The Morgan fingerprint density at radius 3 is 2.77 bits per heavy atom. The van der Waals surface area contributed by atoms with E-state index in [-0.39, 0.29) is 18.6 Å². The van der Waals surface area contributed by atoms with Gasteiger partial charge in [-0.25, -0.2) is 4.98 Å². The molecule has 22 heavy (non-hydrogen) atoms. The lowest BCUT2D eigenvalue weighted by atomic mass is 10.3. The highest BCUT2D eigenvalue weighted by Crippen LogP contribution is 2.16. The number of nitrogens with one attached hydrogen (secondary N) is 2. The van der Waals surface area contributed by atoms with Crippen LogP contribution < -0.4 is 10.4 Å². The highest BCUT2D eigenvalue weighted by molar-refractivity contribution is 5.72. The summed E-state index contributed by atoms with van der Waals surface area (Å²) in [6.45, 7) is 3.53. The Hall–Kier alpha value is -1.97. The van der Waals surface area contributed by atoms with Crippen molar-refractivity contribution >= 4 is 17.1 Å². The van der Waals surface area contributed by atoms with Crippen LogP contribution in [0.3, 0.4) is 0 Å². The highest BCUT2D eigenvalue weighted by atomic mass is 16.3. The van der Waals surface area contributed by atoms with Crippen molar-refractivity contribution in [2.45, 2.75) is 12.6 Å². The summed E-state index contributed by atoms with van der Waals surface area (Å²) in [6, 6.07) is 0. The van der Waals surface area contributed by atoms with E-state index < -0.39 is 6.10 Å². The number of H-pyrrole nitrogens is 1. The zero-order chi connectivity index (χ0) is 15.7. The third-order valence-corrected chi connectivity index (χ3v) is 3.93. The van der Waals surface area contributed by atoms with E-state index in [0.717, 1.165) is 32.1 Å². The van der Waals surface area contributed by atoms with E-state index in [9.17, 15) is 5.11 Å². The van der Waals surface area contributed by atoms with E-state index >= 15 is 0 Å². The van der Waals surface area contributed by atoms with Gasteiger partial charge in [0.2, 0.25) is 5.95 Å². The predicted octanol–water partition coefficient (Wildman–Crippen LogP) is -1.66. The summed E-state index contributed by atoms with van der Waals surface area (Å²) in [5.74, 6) is 0.719. The highest BCUT2D eigenvalue weighted by Gasteiger charge is 2.19. The fourth-order valence-electron chi connectivity index (χ4n) is 2.56. The van der Waals surface area contributed by atoms with Crippen molar-refractivity contribution in [3.05, 3.63) is 11.8 Å². The molecule has 2 aromatic rings. The van der Waals surface area contributed by atoms with Gasteiger partial charge in [0.25, 0.3) is 0 Å². The first-order chi connectivity index (χ1) is 10.6. The van der Waals surface area contributed by atoms with Gasteiger partial charge < -0.3 is 29.6 Å². The fraction of sp³-hybridized carbons (Fsp3) is 0.615. The zero-order valence-electron chi connectivity index (χ0n) is 12.5. The van der Waals surface area contributed by atoms with Crippen LogP contribution in [0.2, 0.25) is 0 Å². The summed E-state index contributed by atoms with van der Waals surface area (Å²) in [4.78, 5) is 16.1. The number of rotatable bonds is 4. The smallest absolute Gasteiger partial charge is 0.205 e. The Kier molecular flexibility index (Phi) is 4.10. The molecule has 0 saturated carbocycles. The maximum Gasteiger partial charge on any atom is 0.205 e. The topological polar surface area (TPSA) is 117 Å². The molecular weight excluding hydrogens is 286 g/mol. The van der Waals surface area contributed by atoms with Crippen molar-refractivity contribution in [3.8, 4) is 0 Å². The molecule has 0 aromatic carbocycles. The lowest BCUT2D eigenvalue weighted by Crippen LogP contribution is -2.44. The largest absolute Gasteiger partial charge is 0.394 e. The van der Waals surface area contributed by atoms with Crippen molar-refractivity contribution in [3.63, 3.8) is 0 Å². The average Bonchev–Trinajstić information content (AvgIpc) is 2.97. The van der Waals surface area contributed by atoms with E-state index in [1.165, 1.54) is 6.33 Å². The molecule has 120 valence electrons. The van der Waals surface area contributed by atoms with E-state index in [2.05, 4.69) is 31.8 Å². The predicted molar refractivity (Wildman–Crippen MR) is 80.5 cm³/mol. The van der Waals surface area contributed by atoms with Crippen LogP contribution in [0.1, 0.15) is 0 Å². The molecule has 3 rings (SSSR count). The Morgan fingerprint density at radius 2 is 2.09 bits per heavy atom. The van der Waals surface area contributed by atoms with Crippen LogP contribution in [0.4, 0.5) is 5.95 Å². The number of nitrogens with zero attached hydrogens (tertiary/aromatic N) is 5. The Morgan fingerprint density at radius 1 is 1.36 bits per heavy atom. The molecule has 0 aliphatic carbocycles. The van der Waals surface area contributed by atoms with Crippen LogP contribution in [-0.2, 0) is 6.54 Å². The summed E-state index contributed by atoms with van der Waals surface area (Å²) in [5.41, 5.74) is 1.24. The van der Waals surface area contributed by atoms with E-state index in [1.54, 1.807) is 4.57 Å². The minimum atomic E-state index is -0.879. The molecule has 1 fully saturated rings. The van der Waals surface area contributed by atoms with Crippen molar-refractivity contribution < 1.29 is 10.2 Å². The molecule has 1 atom stereocenters. The number of aromatic amines is 1. The zero-order valence-corrected chi connectivity index (χ0v) is 12.5. The van der Waals surface area contributed by atoms with Crippen LogP contribution in [-0.4, -0.2) is 80.6 Å². The molecule has 0 spiro atoms. The number of fused-ring (bicyclic) bond motifs is 1. The second kappa shape index (κ2) is 6.03. The second-order valence-electron chi connectivity index (χ2n) is 5.63. The number of piperazine rings is 1. The van der Waals surface area contributed by atoms with Gasteiger partial charge in [-0.3, -0.25) is 5.41 Å². The molecule has 1 aliphatic heterocycles. The number of anilines is 1. The van der Waals surface area contributed by atoms with Gasteiger partial charge in [0.1, 0.15) is 5.52 Å². The number of imidazole rings is 1. The third kappa shape index (κ3) is 2.82. The summed E-state index contributed by atoms with van der Waals surface area (Å²) >= 11 is 0. The third-order valence-electron chi connectivity index (χ3n) is 3.93. The SMILES string of the molecule is CN1CCN(c2nc3c([nH]2)c(=N)ncn3CC(O)CO)CC1. The molecule has 1 unspecified atom stereocenters. The van der Waals surface area contributed by atoms with Gasteiger partial charge in [0.05, 0.1) is 25.6 Å². The average molecular weight is 307 g/mol. The number of hydrogen-bond donors (Lipinski definition) is 4. The maximum atomic E-state index is 9.63. The van der Waals surface area contributed by atoms with E-state index in [4.69, 9.17) is 10.5 Å². The van der Waals surface area contributed by atoms with Crippen LogP contribution in [0.25, 0.3) is 11.2 Å². The van der Waals surface area contributed by atoms with Gasteiger partial charge >= 0.3 is 0 Å². The second-order valence-corrected chi connectivity index (χ2v) is 5.63.